The number of fused-ring (bicyclic) bond motifs is 3. The highest BCUT2D eigenvalue weighted by molar-refractivity contribution is 6.32. The zero-order valence-corrected chi connectivity index (χ0v) is 25.6. The van der Waals surface area contributed by atoms with Crippen LogP contribution in [0.3, 0.4) is 0 Å². The van der Waals surface area contributed by atoms with Gasteiger partial charge in [0.25, 0.3) is 0 Å². The van der Waals surface area contributed by atoms with Gasteiger partial charge in [0.15, 0.2) is 5.82 Å². The van der Waals surface area contributed by atoms with Gasteiger partial charge in [-0.05, 0) is 77.1 Å². The van der Waals surface area contributed by atoms with Crippen LogP contribution in [0.1, 0.15) is 47.5 Å². The molecule has 218 valence electrons. The van der Waals surface area contributed by atoms with Crippen molar-refractivity contribution in [1.82, 2.24) is 20.2 Å². The lowest BCUT2D eigenvalue weighted by Gasteiger charge is -2.66. The van der Waals surface area contributed by atoms with Crippen LogP contribution in [0.4, 0.5) is 23.1 Å². The predicted octanol–water partition coefficient (Wildman–Crippen LogP) is 5.01. The van der Waals surface area contributed by atoms with Crippen molar-refractivity contribution < 1.29 is 9.53 Å². The first-order chi connectivity index (χ1) is 18.9. The van der Waals surface area contributed by atoms with Crippen LogP contribution in [0, 0.1) is 23.2 Å². The van der Waals surface area contributed by atoms with E-state index >= 15 is 0 Å². The first kappa shape index (κ1) is 28.7. The summed E-state index contributed by atoms with van der Waals surface area (Å²) in [6, 6.07) is 6.18. The number of hydrogen-bond acceptors (Lipinski definition) is 8. The number of ether oxygens (including phenoxy) is 1. The number of nitrogens with one attached hydrogen (secondary N) is 3. The van der Waals surface area contributed by atoms with E-state index in [1.807, 2.05) is 26.0 Å². The second kappa shape index (κ2) is 10.9. The normalized spacial score (nSPS) is 26.6. The molecule has 2 aromatic rings. The smallest absolute Gasteiger partial charge is 0.229 e. The first-order valence-corrected chi connectivity index (χ1v) is 14.8. The average molecular weight is 570 g/mol. The summed E-state index contributed by atoms with van der Waals surface area (Å²) in [5, 5.41) is 10.6. The molecule has 3 N–H and O–H groups in total. The van der Waals surface area contributed by atoms with Crippen LogP contribution >= 0.6 is 11.6 Å². The summed E-state index contributed by atoms with van der Waals surface area (Å²) in [7, 11) is 4.17. The third-order valence-electron chi connectivity index (χ3n) is 9.31. The minimum atomic E-state index is -0.498. The van der Waals surface area contributed by atoms with Gasteiger partial charge in [-0.25, -0.2) is 4.98 Å². The number of likely N-dealkylation sites (N-methyl/N-ethyl adjacent to an activating group) is 1. The van der Waals surface area contributed by atoms with Gasteiger partial charge in [0, 0.05) is 30.9 Å². The quantitative estimate of drug-likeness (QED) is 0.388. The summed E-state index contributed by atoms with van der Waals surface area (Å²) < 4.78 is 5.99. The Hall–Kier alpha value is -2.78. The van der Waals surface area contributed by atoms with Crippen LogP contribution in [-0.4, -0.2) is 72.7 Å². The monoisotopic (exact) mass is 569 g/mol. The molecule has 3 saturated carbocycles. The molecule has 10 heteroatoms. The first-order valence-electron chi connectivity index (χ1n) is 14.4. The van der Waals surface area contributed by atoms with E-state index in [-0.39, 0.29) is 23.3 Å². The zero-order chi connectivity index (χ0) is 28.8. The molecule has 0 unspecified atom stereocenters. The number of carbonyl (C=O) groups is 1. The Labute approximate surface area is 243 Å². The highest BCUT2D eigenvalue weighted by atomic mass is 35.5. The molecule has 1 aliphatic heterocycles. The molecular weight excluding hydrogens is 526 g/mol. The fraction of sp³-hybridized carbons (Fsp3) is 0.633. The summed E-state index contributed by atoms with van der Waals surface area (Å²) in [6.45, 7) is 14.2. The second-order valence-corrected chi connectivity index (χ2v) is 13.4. The van der Waals surface area contributed by atoms with Crippen molar-refractivity contribution in [3.05, 3.63) is 29.4 Å². The van der Waals surface area contributed by atoms with Crippen molar-refractivity contribution in [1.29, 1.82) is 0 Å². The lowest BCUT2D eigenvalue weighted by molar-refractivity contribution is -0.156. The second-order valence-electron chi connectivity index (χ2n) is 13.0. The van der Waals surface area contributed by atoms with Crippen molar-refractivity contribution >= 4 is 40.6 Å². The number of benzene rings is 1. The Morgan fingerprint density at radius 3 is 2.73 bits per heavy atom. The number of anilines is 4. The Kier molecular flexibility index (Phi) is 7.83. The zero-order valence-electron chi connectivity index (χ0n) is 24.8. The van der Waals surface area contributed by atoms with Crippen LogP contribution in [0.2, 0.25) is 5.02 Å². The average Bonchev–Trinajstić information content (AvgIpc) is 2.88. The Morgan fingerprint density at radius 1 is 1.25 bits per heavy atom. The third-order valence-corrected chi connectivity index (χ3v) is 9.59. The molecule has 9 nitrogen and oxygen atoms in total. The fourth-order valence-electron chi connectivity index (χ4n) is 6.95. The Bertz CT molecular complexity index is 1250. The van der Waals surface area contributed by atoms with Crippen molar-refractivity contribution in [2.24, 2.45) is 23.2 Å². The lowest BCUT2D eigenvalue weighted by Crippen LogP contribution is -2.69. The molecule has 1 aromatic heterocycles. The summed E-state index contributed by atoms with van der Waals surface area (Å²) in [4.78, 5) is 27.1. The van der Waals surface area contributed by atoms with Gasteiger partial charge in [-0.15, -0.1) is 0 Å². The molecule has 4 atom stereocenters. The number of halogens is 1. The minimum Gasteiger partial charge on any atom is -0.489 e. The Morgan fingerprint density at radius 2 is 2.02 bits per heavy atom. The van der Waals surface area contributed by atoms with Crippen molar-refractivity contribution in [3.8, 4) is 5.75 Å². The van der Waals surface area contributed by atoms with E-state index in [9.17, 15) is 4.79 Å². The summed E-state index contributed by atoms with van der Waals surface area (Å²) in [5.74, 6) is 2.58. The van der Waals surface area contributed by atoms with E-state index in [0.29, 0.717) is 35.2 Å². The van der Waals surface area contributed by atoms with Gasteiger partial charge in [0.05, 0.1) is 29.9 Å². The number of amides is 1. The number of rotatable bonds is 9. The van der Waals surface area contributed by atoms with E-state index < -0.39 is 5.54 Å². The van der Waals surface area contributed by atoms with Crippen LogP contribution in [0.25, 0.3) is 0 Å². The van der Waals surface area contributed by atoms with Crippen molar-refractivity contribution in [2.75, 3.05) is 55.9 Å². The van der Waals surface area contributed by atoms with E-state index in [4.69, 9.17) is 21.3 Å². The summed E-state index contributed by atoms with van der Waals surface area (Å²) >= 11 is 6.64. The van der Waals surface area contributed by atoms with Gasteiger partial charge < -0.3 is 30.5 Å². The van der Waals surface area contributed by atoms with Crippen LogP contribution in [0.5, 0.6) is 5.75 Å². The highest BCUT2D eigenvalue weighted by Gasteiger charge is 2.65. The molecule has 3 fully saturated rings. The van der Waals surface area contributed by atoms with E-state index in [1.54, 1.807) is 6.20 Å². The van der Waals surface area contributed by atoms with Gasteiger partial charge >= 0.3 is 0 Å². The molecule has 6 rings (SSSR count). The van der Waals surface area contributed by atoms with Gasteiger partial charge in [-0.3, -0.25) is 4.79 Å². The van der Waals surface area contributed by atoms with Crippen LogP contribution in [-0.2, 0) is 4.79 Å². The maximum Gasteiger partial charge on any atom is 0.229 e. The largest absolute Gasteiger partial charge is 0.489 e. The SMILES string of the molecule is CC(C)NC(=O)[C@H]1C[C@H]2C[C@H](C2(C)C)[C@@]1(C)Nc1nc(Nc2ccc3c(c2)OCCN3CCN(C)C)ncc1Cl. The van der Waals surface area contributed by atoms with Crippen LogP contribution < -0.4 is 25.6 Å². The molecule has 0 saturated heterocycles. The van der Waals surface area contributed by atoms with Crippen molar-refractivity contribution in [3.63, 3.8) is 0 Å². The van der Waals surface area contributed by atoms with Gasteiger partial charge in [-0.2, -0.15) is 4.98 Å². The molecular formula is C30H44ClN7O2. The number of aromatic nitrogens is 2. The molecule has 0 radical (unpaired) electrons. The van der Waals surface area contributed by atoms with E-state index in [1.165, 1.54) is 0 Å². The summed E-state index contributed by atoms with van der Waals surface area (Å²) in [6.07, 6.45) is 3.55. The molecule has 3 aliphatic carbocycles. The maximum atomic E-state index is 13.4. The van der Waals surface area contributed by atoms with Crippen molar-refractivity contribution in [2.45, 2.75) is 59.0 Å². The third kappa shape index (κ3) is 5.42. The van der Waals surface area contributed by atoms with Gasteiger partial charge in [-0.1, -0.05) is 25.4 Å². The number of nitrogens with zero attached hydrogens (tertiary/aromatic N) is 4. The minimum absolute atomic E-state index is 0.0853. The molecule has 2 heterocycles. The molecule has 1 amide bonds. The van der Waals surface area contributed by atoms with E-state index in [0.717, 1.165) is 49.6 Å². The van der Waals surface area contributed by atoms with E-state index in [2.05, 4.69) is 71.7 Å². The fourth-order valence-corrected chi connectivity index (χ4v) is 7.09. The summed E-state index contributed by atoms with van der Waals surface area (Å²) in [5.41, 5.74) is 1.57. The maximum absolute atomic E-state index is 13.4. The molecule has 40 heavy (non-hydrogen) atoms. The van der Waals surface area contributed by atoms with Crippen LogP contribution in [0.15, 0.2) is 24.4 Å². The predicted molar refractivity (Wildman–Crippen MR) is 162 cm³/mol. The number of carbonyl (C=O) groups excluding carboxylic acids is 1. The molecule has 1 aromatic carbocycles. The van der Waals surface area contributed by atoms with Gasteiger partial charge in [0.2, 0.25) is 11.9 Å². The Balaban J connectivity index is 1.37. The molecule has 0 spiro atoms. The lowest BCUT2D eigenvalue weighted by atomic mass is 9.40. The standard InChI is InChI=1S/C30H44ClN7O2/c1-18(2)33-27(39)21-14-19-15-25(29(19,3)4)30(21,5)36-26-22(31)17-32-28(35-26)34-20-8-9-23-24(16-20)40-13-12-38(23)11-10-37(6)7/h8-9,16-19,21,25H,10-15H2,1-7H3,(H,33,39)(H2,32,34,35,36)/t19-,21+,25+,30-/m0/s1. The number of hydrogen-bond donors (Lipinski definition) is 3. The molecule has 2 bridgehead atoms. The van der Waals surface area contributed by atoms with Gasteiger partial charge in [0.1, 0.15) is 17.4 Å². The molecule has 4 aliphatic rings. The topological polar surface area (TPSA) is 94.6 Å². The highest BCUT2D eigenvalue weighted by Crippen LogP contribution is 2.65.